The fourth-order valence-electron chi connectivity index (χ4n) is 1.79. The third kappa shape index (κ3) is 2.70. The van der Waals surface area contributed by atoms with Crippen LogP contribution in [-0.2, 0) is 5.92 Å². The zero-order chi connectivity index (χ0) is 14.9. The van der Waals surface area contributed by atoms with E-state index in [-0.39, 0.29) is 16.9 Å². The van der Waals surface area contributed by atoms with E-state index in [1.54, 1.807) is 18.2 Å². The van der Waals surface area contributed by atoms with Crippen molar-refractivity contribution >= 4 is 17.1 Å². The van der Waals surface area contributed by atoms with Gasteiger partial charge in [-0.1, -0.05) is 30.8 Å². The lowest BCUT2D eigenvalue weighted by atomic mass is 9.99. The summed E-state index contributed by atoms with van der Waals surface area (Å²) in [4.78, 5) is 11.9. The fraction of sp³-hybridized carbons (Fsp3) is 0.188. The van der Waals surface area contributed by atoms with Gasteiger partial charge in [0.1, 0.15) is 0 Å². The molecule has 1 aromatic heterocycles. The predicted molar refractivity (Wildman–Crippen MR) is 78.5 cm³/mol. The molecular formula is C16H14F2OS. The second-order valence-corrected chi connectivity index (χ2v) is 5.60. The van der Waals surface area contributed by atoms with Crippen molar-refractivity contribution in [1.29, 1.82) is 0 Å². The summed E-state index contributed by atoms with van der Waals surface area (Å²) in [5.74, 6) is -3.01. The van der Waals surface area contributed by atoms with Crippen LogP contribution < -0.4 is 0 Å². The highest BCUT2D eigenvalue weighted by Gasteiger charge is 2.32. The molecule has 0 unspecified atom stereocenters. The van der Waals surface area contributed by atoms with E-state index >= 15 is 0 Å². The van der Waals surface area contributed by atoms with Gasteiger partial charge >= 0.3 is 0 Å². The number of carbonyl (C=O) groups is 1. The van der Waals surface area contributed by atoms with Crippen LogP contribution in [0.25, 0.3) is 11.1 Å². The number of thiophene rings is 1. The molecule has 0 N–H and O–H groups in total. The Labute approximate surface area is 120 Å². The van der Waals surface area contributed by atoms with Crippen molar-refractivity contribution < 1.29 is 13.6 Å². The van der Waals surface area contributed by atoms with E-state index in [2.05, 4.69) is 6.58 Å². The summed E-state index contributed by atoms with van der Waals surface area (Å²) in [6, 6.07) is 7.85. The lowest BCUT2D eigenvalue weighted by Gasteiger charge is -2.16. The third-order valence-corrected chi connectivity index (χ3v) is 4.09. The van der Waals surface area contributed by atoms with Gasteiger partial charge < -0.3 is 0 Å². The van der Waals surface area contributed by atoms with Gasteiger partial charge in [0.25, 0.3) is 5.92 Å². The average Bonchev–Trinajstić information content (AvgIpc) is 2.88. The topological polar surface area (TPSA) is 17.1 Å². The van der Waals surface area contributed by atoms with Crippen molar-refractivity contribution in [3.8, 4) is 11.1 Å². The van der Waals surface area contributed by atoms with E-state index in [9.17, 15) is 13.6 Å². The molecule has 104 valence electrons. The molecule has 0 atom stereocenters. The molecule has 1 nitrogen and oxygen atoms in total. The normalized spacial score (nSPS) is 11.4. The lowest BCUT2D eigenvalue weighted by molar-refractivity contribution is 0.0386. The maximum Gasteiger partial charge on any atom is 0.294 e. The quantitative estimate of drug-likeness (QED) is 0.553. The summed E-state index contributed by atoms with van der Waals surface area (Å²) in [7, 11) is 0. The molecule has 2 rings (SSSR count). The molecule has 0 amide bonds. The van der Waals surface area contributed by atoms with Crippen LogP contribution >= 0.6 is 11.3 Å². The lowest BCUT2D eigenvalue weighted by Crippen LogP contribution is -2.13. The van der Waals surface area contributed by atoms with Gasteiger partial charge in [0.05, 0.1) is 4.88 Å². The van der Waals surface area contributed by atoms with Gasteiger partial charge in [-0.25, -0.2) is 0 Å². The Hall–Kier alpha value is -1.81. The van der Waals surface area contributed by atoms with Crippen molar-refractivity contribution in [2.75, 3.05) is 0 Å². The van der Waals surface area contributed by atoms with Gasteiger partial charge in [-0.3, -0.25) is 4.79 Å². The van der Waals surface area contributed by atoms with Crippen LogP contribution in [-0.4, -0.2) is 5.78 Å². The highest BCUT2D eigenvalue weighted by Crippen LogP contribution is 2.35. The maximum atomic E-state index is 13.8. The molecule has 0 spiro atoms. The third-order valence-electron chi connectivity index (χ3n) is 3.06. The first-order valence-electron chi connectivity index (χ1n) is 6.06. The fourth-order valence-corrected chi connectivity index (χ4v) is 2.61. The van der Waals surface area contributed by atoms with Crippen LogP contribution in [0.4, 0.5) is 8.78 Å². The number of hydrogen-bond acceptors (Lipinski definition) is 2. The molecule has 0 saturated heterocycles. The van der Waals surface area contributed by atoms with Crippen molar-refractivity contribution in [2.45, 2.75) is 19.8 Å². The van der Waals surface area contributed by atoms with Crippen LogP contribution in [0.1, 0.15) is 29.1 Å². The molecule has 0 aliphatic heterocycles. The minimum Gasteiger partial charge on any atom is -0.294 e. The molecule has 0 aliphatic carbocycles. The van der Waals surface area contributed by atoms with Gasteiger partial charge in [-0.05, 0) is 42.0 Å². The Balaban J connectivity index is 2.32. The zero-order valence-electron chi connectivity index (χ0n) is 11.2. The van der Waals surface area contributed by atoms with E-state index < -0.39 is 5.92 Å². The molecule has 20 heavy (non-hydrogen) atoms. The number of carbonyl (C=O) groups excluding carboxylic acids is 1. The minimum atomic E-state index is -3.02. The highest BCUT2D eigenvalue weighted by atomic mass is 32.1. The van der Waals surface area contributed by atoms with Gasteiger partial charge in [-0.2, -0.15) is 8.78 Å². The number of ketones is 1. The summed E-state index contributed by atoms with van der Waals surface area (Å²) in [5.41, 5.74) is 1.43. The maximum absolute atomic E-state index is 13.8. The monoisotopic (exact) mass is 292 g/mol. The molecular weight excluding hydrogens is 278 g/mol. The largest absolute Gasteiger partial charge is 0.294 e. The van der Waals surface area contributed by atoms with E-state index in [0.717, 1.165) is 11.1 Å². The first-order chi connectivity index (χ1) is 9.32. The van der Waals surface area contributed by atoms with Crippen molar-refractivity contribution in [2.24, 2.45) is 0 Å². The average molecular weight is 292 g/mol. The van der Waals surface area contributed by atoms with Crippen molar-refractivity contribution in [1.82, 2.24) is 0 Å². The number of Topliss-reactive ketones (excluding diaryl/α,β-unsaturated/α-hetero) is 1. The molecule has 0 fully saturated rings. The number of allylic oxidation sites excluding steroid dienone is 1. The molecule has 0 aliphatic rings. The summed E-state index contributed by atoms with van der Waals surface area (Å²) < 4.78 is 27.6. The van der Waals surface area contributed by atoms with Gasteiger partial charge in [0, 0.05) is 5.56 Å². The van der Waals surface area contributed by atoms with Crippen LogP contribution in [0.5, 0.6) is 0 Å². The van der Waals surface area contributed by atoms with Crippen LogP contribution in [0, 0.1) is 0 Å². The molecule has 0 radical (unpaired) electrons. The summed E-state index contributed by atoms with van der Waals surface area (Å²) in [6.07, 6.45) is 0. The SMILES string of the molecule is C=C(C)C(F)(F)c1ccc(-c2csc(C(C)=O)c2)cc1. The van der Waals surface area contributed by atoms with E-state index in [4.69, 9.17) is 0 Å². The summed E-state index contributed by atoms with van der Waals surface area (Å²) in [6.45, 7) is 6.14. The van der Waals surface area contributed by atoms with Gasteiger partial charge in [0.15, 0.2) is 5.78 Å². The number of rotatable bonds is 4. The molecule has 0 saturated carbocycles. The Morgan fingerprint density at radius 1 is 1.15 bits per heavy atom. The Morgan fingerprint density at radius 3 is 2.20 bits per heavy atom. The van der Waals surface area contributed by atoms with Crippen LogP contribution in [0.15, 0.2) is 47.9 Å². The van der Waals surface area contributed by atoms with Gasteiger partial charge in [0.2, 0.25) is 0 Å². The second kappa shape index (κ2) is 5.29. The molecule has 1 heterocycles. The minimum absolute atomic E-state index is 0.00619. The predicted octanol–water partition coefficient (Wildman–Crippen LogP) is 5.29. The number of alkyl halides is 2. The van der Waals surface area contributed by atoms with E-state index in [1.165, 1.54) is 37.3 Å². The van der Waals surface area contributed by atoms with Crippen molar-refractivity contribution in [3.63, 3.8) is 0 Å². The number of benzene rings is 1. The zero-order valence-corrected chi connectivity index (χ0v) is 12.1. The second-order valence-electron chi connectivity index (χ2n) is 4.69. The van der Waals surface area contributed by atoms with Crippen LogP contribution in [0.3, 0.4) is 0 Å². The summed E-state index contributed by atoms with van der Waals surface area (Å²) in [5, 5.41) is 1.85. The van der Waals surface area contributed by atoms with E-state index in [1.807, 2.05) is 5.38 Å². The smallest absolute Gasteiger partial charge is 0.294 e. The Morgan fingerprint density at radius 2 is 1.75 bits per heavy atom. The molecule has 2 aromatic rings. The molecule has 1 aromatic carbocycles. The first kappa shape index (κ1) is 14.6. The highest BCUT2D eigenvalue weighted by molar-refractivity contribution is 7.12. The molecule has 0 bridgehead atoms. The van der Waals surface area contributed by atoms with Crippen molar-refractivity contribution in [3.05, 3.63) is 58.3 Å². The van der Waals surface area contributed by atoms with Gasteiger partial charge in [-0.15, -0.1) is 11.3 Å². The van der Waals surface area contributed by atoms with E-state index in [0.29, 0.717) is 4.88 Å². The van der Waals surface area contributed by atoms with Crippen LogP contribution in [0.2, 0.25) is 0 Å². The Kier molecular flexibility index (Phi) is 3.86. The first-order valence-corrected chi connectivity index (χ1v) is 6.94. The number of hydrogen-bond donors (Lipinski definition) is 0. The standard InChI is InChI=1S/C16H14F2OS/c1-10(2)16(17,18)14-6-4-12(5-7-14)13-8-15(11(3)19)20-9-13/h4-9H,1H2,2-3H3. The Bertz CT molecular complexity index is 653. The summed E-state index contributed by atoms with van der Waals surface area (Å²) >= 11 is 1.36. The molecule has 4 heteroatoms. The number of halogens is 2.